The number of esters is 1. The molecule has 2 aromatic rings. The number of nitrogens with one attached hydrogen (secondary N) is 1. The third kappa shape index (κ3) is 4.99. The molecular weight excluding hydrogens is 362 g/mol. The Morgan fingerprint density at radius 2 is 2.00 bits per heavy atom. The van der Waals surface area contributed by atoms with Crippen molar-refractivity contribution < 1.29 is 22.7 Å². The number of aromatic nitrogens is 4. The number of carbonyl (C=O) groups excluding carboxylic acids is 1. The smallest absolute Gasteiger partial charge is 0.324 e. The first-order chi connectivity index (χ1) is 12.4. The zero-order valence-electron chi connectivity index (χ0n) is 14.7. The van der Waals surface area contributed by atoms with Crippen LogP contribution in [-0.4, -0.2) is 47.7 Å². The van der Waals surface area contributed by atoms with Crippen molar-refractivity contribution in [1.29, 1.82) is 0 Å². The van der Waals surface area contributed by atoms with Gasteiger partial charge >= 0.3 is 5.97 Å². The lowest BCUT2D eigenvalue weighted by Crippen LogP contribution is -2.39. The minimum Gasteiger partial charge on any atom is -0.497 e. The molecule has 26 heavy (non-hydrogen) atoms. The van der Waals surface area contributed by atoms with Crippen LogP contribution in [0.3, 0.4) is 0 Å². The number of aryl methyl sites for hydroxylation is 1. The summed E-state index contributed by atoms with van der Waals surface area (Å²) < 4.78 is 38.5. The van der Waals surface area contributed by atoms with E-state index in [0.29, 0.717) is 18.1 Å². The second-order valence-corrected chi connectivity index (χ2v) is 7.16. The number of hydrogen-bond acceptors (Lipinski definition) is 8. The highest BCUT2D eigenvalue weighted by Gasteiger charge is 2.23. The van der Waals surface area contributed by atoms with E-state index in [1.807, 2.05) is 6.92 Å². The van der Waals surface area contributed by atoms with Gasteiger partial charge in [-0.2, -0.15) is 4.72 Å². The van der Waals surface area contributed by atoms with E-state index in [-0.39, 0.29) is 11.5 Å². The molecule has 1 N–H and O–H groups in total. The van der Waals surface area contributed by atoms with Crippen molar-refractivity contribution in [2.24, 2.45) is 0 Å². The molecule has 10 nitrogen and oxygen atoms in total. The van der Waals surface area contributed by atoms with Gasteiger partial charge in [0.25, 0.3) is 0 Å². The summed E-state index contributed by atoms with van der Waals surface area (Å²) in [5, 5.41) is 11.1. The van der Waals surface area contributed by atoms with Gasteiger partial charge in [0.2, 0.25) is 10.0 Å². The fourth-order valence-corrected chi connectivity index (χ4v) is 3.27. The number of sulfonamides is 1. The van der Waals surface area contributed by atoms with Crippen molar-refractivity contribution >= 4 is 16.0 Å². The molecule has 1 heterocycles. The van der Waals surface area contributed by atoms with Crippen molar-refractivity contribution in [3.8, 4) is 5.75 Å². The zero-order valence-corrected chi connectivity index (χ0v) is 15.6. The third-order valence-electron chi connectivity index (χ3n) is 3.44. The van der Waals surface area contributed by atoms with Gasteiger partial charge in [-0.15, -0.1) is 5.10 Å². The normalized spacial score (nSPS) is 12.6. The van der Waals surface area contributed by atoms with Crippen molar-refractivity contribution in [2.45, 2.75) is 44.4 Å². The SMILES string of the molecule is CCCn1nnnc1COC(=O)[C@H](C)NS(=O)(=O)c1ccc(OC)cc1. The number of ether oxygens (including phenoxy) is 2. The van der Waals surface area contributed by atoms with Crippen LogP contribution in [0.15, 0.2) is 29.2 Å². The zero-order chi connectivity index (χ0) is 19.2. The molecule has 0 aliphatic rings. The Kier molecular flexibility index (Phi) is 6.64. The van der Waals surface area contributed by atoms with Crippen LogP contribution in [0.2, 0.25) is 0 Å². The van der Waals surface area contributed by atoms with E-state index in [9.17, 15) is 13.2 Å². The lowest BCUT2D eigenvalue weighted by Gasteiger charge is -2.14. The lowest BCUT2D eigenvalue weighted by molar-refractivity contribution is -0.146. The average molecular weight is 383 g/mol. The second-order valence-electron chi connectivity index (χ2n) is 5.44. The summed E-state index contributed by atoms with van der Waals surface area (Å²) in [6.07, 6.45) is 0.823. The fraction of sp³-hybridized carbons (Fsp3) is 0.467. The molecule has 0 radical (unpaired) electrons. The highest BCUT2D eigenvalue weighted by molar-refractivity contribution is 7.89. The largest absolute Gasteiger partial charge is 0.497 e. The minimum atomic E-state index is -3.87. The van der Waals surface area contributed by atoms with Gasteiger partial charge in [0, 0.05) is 6.54 Å². The Bertz CT molecular complexity index is 834. The molecule has 2 rings (SSSR count). The van der Waals surface area contributed by atoms with Gasteiger partial charge in [0.1, 0.15) is 11.8 Å². The Morgan fingerprint density at radius 3 is 2.62 bits per heavy atom. The monoisotopic (exact) mass is 383 g/mol. The maximum absolute atomic E-state index is 12.3. The quantitative estimate of drug-likeness (QED) is 0.621. The number of rotatable bonds is 9. The van der Waals surface area contributed by atoms with E-state index in [4.69, 9.17) is 9.47 Å². The Balaban J connectivity index is 1.95. The lowest BCUT2D eigenvalue weighted by atomic mass is 10.3. The van der Waals surface area contributed by atoms with E-state index in [1.165, 1.54) is 43.0 Å². The Hall–Kier alpha value is -2.53. The van der Waals surface area contributed by atoms with Crippen LogP contribution in [0.5, 0.6) is 5.75 Å². The van der Waals surface area contributed by atoms with Gasteiger partial charge in [-0.25, -0.2) is 13.1 Å². The molecular formula is C15H21N5O5S. The van der Waals surface area contributed by atoms with Crippen LogP contribution in [0.4, 0.5) is 0 Å². The second kappa shape index (κ2) is 8.72. The van der Waals surface area contributed by atoms with Crippen LogP contribution in [-0.2, 0) is 32.7 Å². The van der Waals surface area contributed by atoms with Crippen molar-refractivity contribution in [3.05, 3.63) is 30.1 Å². The molecule has 1 aromatic heterocycles. The van der Waals surface area contributed by atoms with Gasteiger partial charge in [-0.3, -0.25) is 4.79 Å². The molecule has 0 aliphatic heterocycles. The first-order valence-corrected chi connectivity index (χ1v) is 9.43. The van der Waals surface area contributed by atoms with Gasteiger partial charge in [0.05, 0.1) is 12.0 Å². The summed E-state index contributed by atoms with van der Waals surface area (Å²) >= 11 is 0. The van der Waals surface area contributed by atoms with E-state index >= 15 is 0 Å². The number of carbonyl (C=O) groups is 1. The van der Waals surface area contributed by atoms with Gasteiger partial charge < -0.3 is 9.47 Å². The maximum Gasteiger partial charge on any atom is 0.324 e. The van der Waals surface area contributed by atoms with E-state index in [1.54, 1.807) is 0 Å². The molecule has 142 valence electrons. The standard InChI is InChI=1S/C15H21N5O5S/c1-4-9-20-14(16-18-19-20)10-25-15(21)11(2)17-26(22,23)13-7-5-12(24-3)6-8-13/h5-8,11,17H,4,9-10H2,1-3H3/t11-/m0/s1. The number of nitrogens with zero attached hydrogens (tertiary/aromatic N) is 4. The third-order valence-corrected chi connectivity index (χ3v) is 5.00. The molecule has 0 amide bonds. The highest BCUT2D eigenvalue weighted by Crippen LogP contribution is 2.15. The molecule has 1 atom stereocenters. The summed E-state index contributed by atoms with van der Waals surface area (Å²) in [4.78, 5) is 12.1. The molecule has 0 saturated heterocycles. The van der Waals surface area contributed by atoms with Crippen LogP contribution >= 0.6 is 0 Å². The predicted octanol–water partition coefficient (Wildman–Crippen LogP) is 0.502. The minimum absolute atomic E-state index is 0.0184. The fourth-order valence-electron chi connectivity index (χ4n) is 2.08. The van der Waals surface area contributed by atoms with Crippen molar-refractivity contribution in [3.63, 3.8) is 0 Å². The van der Waals surface area contributed by atoms with Crippen LogP contribution < -0.4 is 9.46 Å². The molecule has 0 spiro atoms. The summed E-state index contributed by atoms with van der Waals surface area (Å²) in [5.41, 5.74) is 0. The van der Waals surface area contributed by atoms with Gasteiger partial charge in [-0.1, -0.05) is 6.92 Å². The summed E-state index contributed by atoms with van der Waals surface area (Å²) in [5.74, 6) is 0.194. The summed E-state index contributed by atoms with van der Waals surface area (Å²) in [7, 11) is -2.39. The number of benzene rings is 1. The highest BCUT2D eigenvalue weighted by atomic mass is 32.2. The van der Waals surface area contributed by atoms with Gasteiger partial charge in [-0.05, 0) is 48.0 Å². The Morgan fingerprint density at radius 1 is 1.31 bits per heavy atom. The summed E-state index contributed by atoms with van der Waals surface area (Å²) in [6, 6.07) is 4.74. The van der Waals surface area contributed by atoms with Crippen LogP contribution in [0, 0.1) is 0 Å². The molecule has 0 unspecified atom stereocenters. The molecule has 0 fully saturated rings. The predicted molar refractivity (Wildman–Crippen MR) is 90.7 cm³/mol. The van der Waals surface area contributed by atoms with Gasteiger partial charge in [0.15, 0.2) is 12.4 Å². The Labute approximate surface area is 151 Å². The number of hydrogen-bond donors (Lipinski definition) is 1. The summed E-state index contributed by atoms with van der Waals surface area (Å²) in [6.45, 7) is 3.83. The maximum atomic E-state index is 12.3. The molecule has 0 saturated carbocycles. The van der Waals surface area contributed by atoms with E-state index < -0.39 is 22.0 Å². The van der Waals surface area contributed by atoms with E-state index in [2.05, 4.69) is 20.2 Å². The molecule has 0 aliphatic carbocycles. The topological polar surface area (TPSA) is 125 Å². The van der Waals surface area contributed by atoms with Crippen LogP contribution in [0.1, 0.15) is 26.1 Å². The first kappa shape index (κ1) is 19.8. The average Bonchev–Trinajstić information content (AvgIpc) is 3.06. The number of methoxy groups -OCH3 is 1. The van der Waals surface area contributed by atoms with Crippen molar-refractivity contribution in [2.75, 3.05) is 7.11 Å². The molecule has 1 aromatic carbocycles. The molecule has 11 heteroatoms. The number of tetrazole rings is 1. The molecule has 0 bridgehead atoms. The van der Waals surface area contributed by atoms with E-state index in [0.717, 1.165) is 6.42 Å². The van der Waals surface area contributed by atoms with Crippen molar-refractivity contribution in [1.82, 2.24) is 24.9 Å². The first-order valence-electron chi connectivity index (χ1n) is 7.95. The van der Waals surface area contributed by atoms with Crippen LogP contribution in [0.25, 0.3) is 0 Å².